The van der Waals surface area contributed by atoms with Crippen LogP contribution in [0, 0.1) is 6.92 Å². The maximum Gasteiger partial charge on any atom is 0.267 e. The fraction of sp³-hybridized carbons (Fsp3) is 0.261. The molecular formula is C23H25N3O2. The molecule has 28 heavy (non-hydrogen) atoms. The predicted molar refractivity (Wildman–Crippen MR) is 112 cm³/mol. The summed E-state index contributed by atoms with van der Waals surface area (Å²) in [7, 11) is 0. The van der Waals surface area contributed by atoms with Crippen LogP contribution >= 0.6 is 0 Å². The summed E-state index contributed by atoms with van der Waals surface area (Å²) in [6.07, 6.45) is 1.35. The predicted octanol–water partition coefficient (Wildman–Crippen LogP) is 4.37. The molecule has 0 saturated heterocycles. The van der Waals surface area contributed by atoms with Crippen LogP contribution in [0.1, 0.15) is 37.4 Å². The molecule has 0 aliphatic heterocycles. The van der Waals surface area contributed by atoms with Gasteiger partial charge in [0.05, 0.1) is 5.69 Å². The van der Waals surface area contributed by atoms with Gasteiger partial charge in [-0.3, -0.25) is 9.59 Å². The monoisotopic (exact) mass is 375 g/mol. The molecule has 0 bridgehead atoms. The summed E-state index contributed by atoms with van der Waals surface area (Å²) in [4.78, 5) is 25.3. The second-order valence-electron chi connectivity index (χ2n) is 6.83. The molecule has 0 unspecified atom stereocenters. The fourth-order valence-corrected chi connectivity index (χ4v) is 3.09. The van der Waals surface area contributed by atoms with E-state index in [0.29, 0.717) is 12.1 Å². The lowest BCUT2D eigenvalue weighted by Crippen LogP contribution is -2.34. The highest BCUT2D eigenvalue weighted by Gasteiger charge is 2.21. The third-order valence-electron chi connectivity index (χ3n) is 4.76. The Morgan fingerprint density at radius 2 is 1.82 bits per heavy atom. The van der Waals surface area contributed by atoms with Crippen LogP contribution in [0.25, 0.3) is 11.3 Å². The Morgan fingerprint density at radius 1 is 1.07 bits per heavy atom. The van der Waals surface area contributed by atoms with Crippen molar-refractivity contribution in [3.05, 3.63) is 82.1 Å². The van der Waals surface area contributed by atoms with Crippen LogP contribution in [0.5, 0.6) is 0 Å². The van der Waals surface area contributed by atoms with E-state index in [9.17, 15) is 9.59 Å². The van der Waals surface area contributed by atoms with Gasteiger partial charge >= 0.3 is 0 Å². The molecule has 1 amide bonds. The highest BCUT2D eigenvalue weighted by Crippen LogP contribution is 2.19. The molecule has 5 heteroatoms. The molecule has 3 rings (SSSR count). The SMILES string of the molecule is CCc1cccc(NC(=O)[C@H](CC)n2nc(-c3ccc(C)cc3)ccc2=O)c1. The molecule has 1 heterocycles. The van der Waals surface area contributed by atoms with Crippen molar-refractivity contribution in [3.8, 4) is 11.3 Å². The molecule has 0 spiro atoms. The zero-order valence-corrected chi connectivity index (χ0v) is 16.5. The minimum Gasteiger partial charge on any atom is -0.324 e. The Hall–Kier alpha value is -3.21. The molecule has 5 nitrogen and oxygen atoms in total. The molecule has 1 atom stereocenters. The van der Waals surface area contributed by atoms with Gasteiger partial charge in [-0.15, -0.1) is 0 Å². The third-order valence-corrected chi connectivity index (χ3v) is 4.76. The van der Waals surface area contributed by atoms with Crippen LogP contribution in [0.4, 0.5) is 5.69 Å². The average molecular weight is 375 g/mol. The number of rotatable bonds is 6. The topological polar surface area (TPSA) is 64.0 Å². The van der Waals surface area contributed by atoms with Crippen molar-refractivity contribution in [2.45, 2.75) is 39.7 Å². The van der Waals surface area contributed by atoms with Crippen molar-refractivity contribution in [1.29, 1.82) is 0 Å². The number of benzene rings is 2. The van der Waals surface area contributed by atoms with Crippen molar-refractivity contribution in [1.82, 2.24) is 9.78 Å². The molecule has 0 saturated carbocycles. The average Bonchev–Trinajstić information content (AvgIpc) is 2.70. The summed E-state index contributed by atoms with van der Waals surface area (Å²) in [5.74, 6) is -0.244. The number of hydrogen-bond donors (Lipinski definition) is 1. The normalized spacial score (nSPS) is 11.8. The smallest absolute Gasteiger partial charge is 0.267 e. The first-order valence-electron chi connectivity index (χ1n) is 9.58. The Kier molecular flexibility index (Phi) is 6.04. The van der Waals surface area contributed by atoms with Gasteiger partial charge in [-0.25, -0.2) is 4.68 Å². The molecule has 0 radical (unpaired) electrons. The maximum atomic E-state index is 12.9. The molecule has 0 fully saturated rings. The van der Waals surface area contributed by atoms with Gasteiger partial charge < -0.3 is 5.32 Å². The van der Waals surface area contributed by atoms with Gasteiger partial charge in [-0.05, 0) is 43.5 Å². The van der Waals surface area contributed by atoms with Gasteiger partial charge in [0.15, 0.2) is 0 Å². The van der Waals surface area contributed by atoms with Gasteiger partial charge in [0.25, 0.3) is 5.56 Å². The summed E-state index contributed by atoms with van der Waals surface area (Å²) in [5.41, 5.74) is 4.30. The fourth-order valence-electron chi connectivity index (χ4n) is 3.09. The van der Waals surface area contributed by atoms with Crippen LogP contribution < -0.4 is 10.9 Å². The zero-order chi connectivity index (χ0) is 20.1. The van der Waals surface area contributed by atoms with Crippen molar-refractivity contribution in [3.63, 3.8) is 0 Å². The van der Waals surface area contributed by atoms with Crippen LogP contribution in [0.3, 0.4) is 0 Å². The number of carbonyl (C=O) groups is 1. The third kappa shape index (κ3) is 4.36. The van der Waals surface area contributed by atoms with E-state index in [1.807, 2.05) is 62.4 Å². The van der Waals surface area contributed by atoms with Crippen molar-refractivity contribution < 1.29 is 4.79 Å². The molecule has 144 valence electrons. The quantitative estimate of drug-likeness (QED) is 0.696. The second kappa shape index (κ2) is 8.65. The van der Waals surface area contributed by atoms with Gasteiger partial charge in [0.2, 0.25) is 5.91 Å². The van der Waals surface area contributed by atoms with Gasteiger partial charge in [0, 0.05) is 17.3 Å². The first kappa shape index (κ1) is 19.5. The summed E-state index contributed by atoms with van der Waals surface area (Å²) < 4.78 is 1.29. The van der Waals surface area contributed by atoms with E-state index in [2.05, 4.69) is 17.3 Å². The number of aromatic nitrogens is 2. The van der Waals surface area contributed by atoms with Crippen LogP contribution in [0.15, 0.2) is 65.5 Å². The molecule has 2 aromatic carbocycles. The summed E-state index contributed by atoms with van der Waals surface area (Å²) >= 11 is 0. The summed E-state index contributed by atoms with van der Waals surface area (Å²) in [5, 5.41) is 7.40. The standard InChI is InChI=1S/C23H25N3O2/c1-4-17-7-6-8-19(15-17)24-23(28)21(5-2)26-22(27)14-13-20(25-26)18-11-9-16(3)10-12-18/h6-15,21H,4-5H2,1-3H3,(H,24,28)/t21-/m0/s1. The summed E-state index contributed by atoms with van der Waals surface area (Å²) in [6.45, 7) is 5.96. The van der Waals surface area contributed by atoms with E-state index in [1.54, 1.807) is 6.07 Å². The number of aryl methyl sites for hydroxylation is 2. The zero-order valence-electron chi connectivity index (χ0n) is 16.5. The Balaban J connectivity index is 1.90. The number of anilines is 1. The molecule has 0 aliphatic carbocycles. The van der Waals surface area contributed by atoms with E-state index in [4.69, 9.17) is 0 Å². The summed E-state index contributed by atoms with van der Waals surface area (Å²) in [6, 6.07) is 18.1. The van der Waals surface area contributed by atoms with E-state index >= 15 is 0 Å². The van der Waals surface area contributed by atoms with Crippen LogP contribution in [-0.2, 0) is 11.2 Å². The van der Waals surface area contributed by atoms with Crippen LogP contribution in [0.2, 0.25) is 0 Å². The van der Waals surface area contributed by atoms with Crippen molar-refractivity contribution in [2.24, 2.45) is 0 Å². The number of hydrogen-bond acceptors (Lipinski definition) is 3. The molecule has 1 N–H and O–H groups in total. The number of nitrogens with zero attached hydrogens (tertiary/aromatic N) is 2. The van der Waals surface area contributed by atoms with Gasteiger partial charge in [0.1, 0.15) is 6.04 Å². The number of amides is 1. The lowest BCUT2D eigenvalue weighted by Gasteiger charge is -2.18. The lowest BCUT2D eigenvalue weighted by molar-refractivity contribution is -0.119. The first-order chi connectivity index (χ1) is 13.5. The Labute approximate surface area is 165 Å². The van der Waals surface area contributed by atoms with Crippen LogP contribution in [-0.4, -0.2) is 15.7 Å². The highest BCUT2D eigenvalue weighted by atomic mass is 16.2. The Bertz CT molecular complexity index is 1020. The van der Waals surface area contributed by atoms with E-state index in [-0.39, 0.29) is 11.5 Å². The molecule has 0 aliphatic rings. The van der Waals surface area contributed by atoms with E-state index in [0.717, 1.165) is 28.8 Å². The highest BCUT2D eigenvalue weighted by molar-refractivity contribution is 5.93. The van der Waals surface area contributed by atoms with Crippen molar-refractivity contribution >= 4 is 11.6 Å². The largest absolute Gasteiger partial charge is 0.324 e. The van der Waals surface area contributed by atoms with E-state index < -0.39 is 6.04 Å². The Morgan fingerprint density at radius 3 is 2.50 bits per heavy atom. The molecule has 1 aromatic heterocycles. The lowest BCUT2D eigenvalue weighted by atomic mass is 10.1. The van der Waals surface area contributed by atoms with Crippen molar-refractivity contribution in [2.75, 3.05) is 5.32 Å². The minimum absolute atomic E-state index is 0.244. The van der Waals surface area contributed by atoms with Gasteiger partial charge in [-0.1, -0.05) is 55.8 Å². The number of nitrogens with one attached hydrogen (secondary N) is 1. The van der Waals surface area contributed by atoms with Gasteiger partial charge in [-0.2, -0.15) is 5.10 Å². The molecular weight excluding hydrogens is 350 g/mol. The molecule has 3 aromatic rings. The second-order valence-corrected chi connectivity index (χ2v) is 6.83. The first-order valence-corrected chi connectivity index (χ1v) is 9.58. The minimum atomic E-state index is -0.678. The maximum absolute atomic E-state index is 12.9. The van der Waals surface area contributed by atoms with E-state index in [1.165, 1.54) is 10.7 Å². The number of carbonyl (C=O) groups excluding carboxylic acids is 1.